The first-order valence-electron chi connectivity index (χ1n) is 9.72. The van der Waals surface area contributed by atoms with Crippen LogP contribution in [0.4, 0.5) is 5.69 Å². The van der Waals surface area contributed by atoms with Gasteiger partial charge in [-0.3, -0.25) is 9.59 Å². The van der Waals surface area contributed by atoms with Crippen LogP contribution in [-0.4, -0.2) is 48.0 Å². The molecule has 1 fully saturated rings. The normalized spacial score (nSPS) is 15.6. The van der Waals surface area contributed by atoms with Crippen molar-refractivity contribution in [3.05, 3.63) is 68.7 Å². The molecule has 1 aromatic heterocycles. The van der Waals surface area contributed by atoms with E-state index in [2.05, 4.69) is 4.90 Å². The van der Waals surface area contributed by atoms with Gasteiger partial charge in [-0.2, -0.15) is 4.31 Å². The maximum absolute atomic E-state index is 13.2. The number of hydrogen-bond acceptors (Lipinski definition) is 5. The monoisotopic (exact) mass is 428 g/mol. The quantitative estimate of drug-likeness (QED) is 0.583. The maximum Gasteiger partial charge on any atom is 0.316 e. The Kier molecular flexibility index (Phi) is 5.03. The lowest BCUT2D eigenvalue weighted by Gasteiger charge is -2.36. The van der Waals surface area contributed by atoms with Crippen LogP contribution in [0.3, 0.4) is 0 Å². The lowest BCUT2D eigenvalue weighted by molar-refractivity contribution is 0.385. The van der Waals surface area contributed by atoms with Crippen molar-refractivity contribution < 1.29 is 8.42 Å². The highest BCUT2D eigenvalue weighted by molar-refractivity contribution is 7.89. The molecule has 1 aliphatic rings. The average molecular weight is 429 g/mol. The number of para-hydroxylation sites is 1. The third-order valence-electron chi connectivity index (χ3n) is 5.79. The molecule has 0 saturated carbocycles. The van der Waals surface area contributed by atoms with E-state index in [4.69, 9.17) is 0 Å². The SMILES string of the molecule is Cc1ccccc1N1CCN(S(=O)(=O)c2ccc3c(c2)n(C)c(=O)c(=O)n3C)CC1. The lowest BCUT2D eigenvalue weighted by atomic mass is 10.1. The predicted octanol–water partition coefficient (Wildman–Crippen LogP) is 1.06. The van der Waals surface area contributed by atoms with Crippen LogP contribution in [0.5, 0.6) is 0 Å². The molecule has 2 aromatic carbocycles. The van der Waals surface area contributed by atoms with Crippen LogP contribution in [0.15, 0.2) is 56.9 Å². The number of benzene rings is 2. The highest BCUT2D eigenvalue weighted by atomic mass is 32.2. The zero-order valence-corrected chi connectivity index (χ0v) is 18.0. The van der Waals surface area contributed by atoms with E-state index < -0.39 is 21.1 Å². The summed E-state index contributed by atoms with van der Waals surface area (Å²) in [6.45, 7) is 4.00. The van der Waals surface area contributed by atoms with Crippen molar-refractivity contribution in [2.75, 3.05) is 31.1 Å². The molecule has 9 heteroatoms. The molecule has 0 spiro atoms. The molecule has 3 aromatic rings. The molecule has 30 heavy (non-hydrogen) atoms. The highest BCUT2D eigenvalue weighted by Crippen LogP contribution is 2.25. The Labute approximate surface area is 174 Å². The summed E-state index contributed by atoms with van der Waals surface area (Å²) < 4.78 is 30.4. The van der Waals surface area contributed by atoms with Gasteiger partial charge in [0.25, 0.3) is 0 Å². The van der Waals surface area contributed by atoms with Gasteiger partial charge in [-0.15, -0.1) is 0 Å². The Morgan fingerprint density at radius 3 is 2.03 bits per heavy atom. The van der Waals surface area contributed by atoms with Crippen LogP contribution in [0, 0.1) is 6.92 Å². The molecule has 0 atom stereocenters. The summed E-state index contributed by atoms with van der Waals surface area (Å²) in [4.78, 5) is 26.4. The smallest absolute Gasteiger partial charge is 0.316 e. The van der Waals surface area contributed by atoms with Crippen LogP contribution in [0.2, 0.25) is 0 Å². The summed E-state index contributed by atoms with van der Waals surface area (Å²) in [5.41, 5.74) is 1.86. The zero-order chi connectivity index (χ0) is 21.6. The second-order valence-corrected chi connectivity index (χ2v) is 9.49. The van der Waals surface area contributed by atoms with Crippen LogP contribution in [-0.2, 0) is 24.1 Å². The number of aryl methyl sites for hydroxylation is 3. The number of hydrogen-bond donors (Lipinski definition) is 0. The van der Waals surface area contributed by atoms with Crippen LogP contribution in [0.1, 0.15) is 5.56 Å². The molecule has 0 bridgehead atoms. The molecule has 4 rings (SSSR count). The lowest BCUT2D eigenvalue weighted by Crippen LogP contribution is -2.48. The fourth-order valence-corrected chi connectivity index (χ4v) is 5.40. The van der Waals surface area contributed by atoms with Crippen molar-refractivity contribution >= 4 is 26.7 Å². The summed E-state index contributed by atoms with van der Waals surface area (Å²) in [6.07, 6.45) is 0. The summed E-state index contributed by atoms with van der Waals surface area (Å²) >= 11 is 0. The van der Waals surface area contributed by atoms with E-state index >= 15 is 0 Å². The van der Waals surface area contributed by atoms with E-state index in [-0.39, 0.29) is 4.90 Å². The molecule has 0 amide bonds. The van der Waals surface area contributed by atoms with Crippen molar-refractivity contribution in [1.29, 1.82) is 0 Å². The van der Waals surface area contributed by atoms with Gasteiger partial charge in [-0.1, -0.05) is 18.2 Å². The van der Waals surface area contributed by atoms with Crippen molar-refractivity contribution in [3.8, 4) is 0 Å². The van der Waals surface area contributed by atoms with Crippen molar-refractivity contribution in [3.63, 3.8) is 0 Å². The molecule has 0 radical (unpaired) electrons. The van der Waals surface area contributed by atoms with Crippen molar-refractivity contribution in [2.24, 2.45) is 14.1 Å². The van der Waals surface area contributed by atoms with Crippen LogP contribution >= 0.6 is 0 Å². The van der Waals surface area contributed by atoms with Crippen molar-refractivity contribution in [2.45, 2.75) is 11.8 Å². The highest BCUT2D eigenvalue weighted by Gasteiger charge is 2.29. The molecular weight excluding hydrogens is 404 g/mol. The van der Waals surface area contributed by atoms with E-state index in [0.717, 1.165) is 11.3 Å². The van der Waals surface area contributed by atoms with E-state index in [1.54, 1.807) is 6.07 Å². The Morgan fingerprint density at radius 2 is 1.40 bits per heavy atom. The average Bonchev–Trinajstić information content (AvgIpc) is 2.76. The Bertz CT molecular complexity index is 1350. The summed E-state index contributed by atoms with van der Waals surface area (Å²) in [5.74, 6) is 0. The van der Waals surface area contributed by atoms with Gasteiger partial charge in [-0.05, 0) is 36.8 Å². The minimum atomic E-state index is -3.72. The van der Waals surface area contributed by atoms with Gasteiger partial charge in [-0.25, -0.2) is 8.42 Å². The second-order valence-electron chi connectivity index (χ2n) is 7.56. The summed E-state index contributed by atoms with van der Waals surface area (Å²) in [7, 11) is -0.737. The van der Waals surface area contributed by atoms with Gasteiger partial charge in [0.2, 0.25) is 10.0 Å². The van der Waals surface area contributed by atoms with Gasteiger partial charge in [0.15, 0.2) is 0 Å². The fourth-order valence-electron chi connectivity index (χ4n) is 3.96. The van der Waals surface area contributed by atoms with E-state index in [1.807, 2.05) is 31.2 Å². The minimum absolute atomic E-state index is 0.119. The zero-order valence-electron chi connectivity index (χ0n) is 17.2. The van der Waals surface area contributed by atoms with E-state index in [1.165, 1.54) is 39.7 Å². The Balaban J connectivity index is 1.65. The molecular formula is C21H24N4O4S. The molecule has 1 aliphatic heterocycles. The van der Waals surface area contributed by atoms with Gasteiger partial charge in [0.1, 0.15) is 0 Å². The van der Waals surface area contributed by atoms with Gasteiger partial charge < -0.3 is 14.0 Å². The van der Waals surface area contributed by atoms with Gasteiger partial charge >= 0.3 is 11.1 Å². The summed E-state index contributed by atoms with van der Waals surface area (Å²) in [6, 6.07) is 12.6. The van der Waals surface area contributed by atoms with Crippen LogP contribution < -0.4 is 16.0 Å². The molecule has 8 nitrogen and oxygen atoms in total. The molecule has 2 heterocycles. The standard InChI is InChI=1S/C21H24N4O4S/c1-15-6-4-5-7-17(15)24-10-12-25(13-11-24)30(28,29)16-8-9-18-19(14-16)23(3)21(27)20(26)22(18)2/h4-9,14H,10-13H2,1-3H3. The third kappa shape index (κ3) is 3.23. The minimum Gasteiger partial charge on any atom is -0.369 e. The molecule has 0 N–H and O–H groups in total. The van der Waals surface area contributed by atoms with Gasteiger partial charge in [0, 0.05) is 46.0 Å². The summed E-state index contributed by atoms with van der Waals surface area (Å²) in [5, 5.41) is 0. The maximum atomic E-state index is 13.2. The number of fused-ring (bicyclic) bond motifs is 1. The fraction of sp³-hybridized carbons (Fsp3) is 0.333. The van der Waals surface area contributed by atoms with E-state index in [0.29, 0.717) is 37.2 Å². The first kappa shape index (κ1) is 20.4. The predicted molar refractivity (Wildman–Crippen MR) is 117 cm³/mol. The first-order chi connectivity index (χ1) is 14.2. The third-order valence-corrected chi connectivity index (χ3v) is 7.69. The molecule has 0 unspecified atom stereocenters. The van der Waals surface area contributed by atoms with E-state index in [9.17, 15) is 18.0 Å². The second kappa shape index (κ2) is 7.41. The Morgan fingerprint density at radius 1 is 0.800 bits per heavy atom. The number of nitrogens with zero attached hydrogens (tertiary/aromatic N) is 4. The topological polar surface area (TPSA) is 84.6 Å². The van der Waals surface area contributed by atoms with Gasteiger partial charge in [0.05, 0.1) is 15.9 Å². The number of aromatic nitrogens is 2. The number of rotatable bonds is 3. The molecule has 158 valence electrons. The largest absolute Gasteiger partial charge is 0.369 e. The van der Waals surface area contributed by atoms with Crippen LogP contribution in [0.25, 0.3) is 11.0 Å². The Hall–Kier alpha value is -2.91. The van der Waals surface area contributed by atoms with Crippen molar-refractivity contribution in [1.82, 2.24) is 13.4 Å². The molecule has 0 aliphatic carbocycles. The number of anilines is 1. The number of piperazine rings is 1. The molecule has 1 saturated heterocycles. The number of sulfonamides is 1. The first-order valence-corrected chi connectivity index (χ1v) is 11.2.